The molecule has 0 aliphatic heterocycles. The lowest BCUT2D eigenvalue weighted by molar-refractivity contribution is 0.0937. The van der Waals surface area contributed by atoms with Gasteiger partial charge in [-0.15, -0.1) is 0 Å². The van der Waals surface area contributed by atoms with E-state index in [1.54, 1.807) is 6.07 Å². The first-order valence-electron chi connectivity index (χ1n) is 6.83. The summed E-state index contributed by atoms with van der Waals surface area (Å²) in [5.74, 6) is -0.0766. The van der Waals surface area contributed by atoms with Crippen LogP contribution in [-0.2, 0) is 0 Å². The number of hydrogen-bond donors (Lipinski definition) is 2. The Bertz CT molecular complexity index is 457. The lowest BCUT2D eigenvalue weighted by Crippen LogP contribution is -2.35. The second kappa shape index (κ2) is 7.14. The number of carbonyl (C=O) groups is 1. The van der Waals surface area contributed by atoms with Crippen molar-refractivity contribution in [2.75, 3.05) is 45.4 Å². The molecule has 0 saturated carbocycles. The average Bonchev–Trinajstić information content (AvgIpc) is 2.35. The van der Waals surface area contributed by atoms with Gasteiger partial charge in [0.25, 0.3) is 5.91 Å². The van der Waals surface area contributed by atoms with Gasteiger partial charge in [0.1, 0.15) is 0 Å². The van der Waals surface area contributed by atoms with Crippen molar-refractivity contribution in [3.05, 3.63) is 23.8 Å². The Labute approximate surface area is 121 Å². The zero-order chi connectivity index (χ0) is 15.3. The summed E-state index contributed by atoms with van der Waals surface area (Å²) < 4.78 is 0. The smallest absolute Gasteiger partial charge is 0.253 e. The van der Waals surface area contributed by atoms with Gasteiger partial charge in [-0.1, -0.05) is 0 Å². The molecule has 20 heavy (non-hydrogen) atoms. The SMILES string of the molecule is CC(CCN(C)C)NC(=O)c1cc(N)ccc1N(C)C. The second-order valence-electron chi connectivity index (χ2n) is 5.64. The van der Waals surface area contributed by atoms with Gasteiger partial charge in [-0.2, -0.15) is 0 Å². The first-order valence-corrected chi connectivity index (χ1v) is 6.83. The lowest BCUT2D eigenvalue weighted by Gasteiger charge is -2.20. The third-order valence-corrected chi connectivity index (χ3v) is 3.13. The quantitative estimate of drug-likeness (QED) is 0.772. The number of amides is 1. The predicted molar refractivity (Wildman–Crippen MR) is 85.3 cm³/mol. The maximum atomic E-state index is 12.4. The standard InChI is InChI=1S/C15H26N4O/c1-11(8-9-18(2)3)17-15(20)13-10-12(16)6-7-14(13)19(4)5/h6-7,10-11H,8-9,16H2,1-5H3,(H,17,20). The van der Waals surface area contributed by atoms with E-state index in [1.165, 1.54) is 0 Å². The Morgan fingerprint density at radius 3 is 2.50 bits per heavy atom. The fraction of sp³-hybridized carbons (Fsp3) is 0.533. The van der Waals surface area contributed by atoms with E-state index >= 15 is 0 Å². The van der Waals surface area contributed by atoms with Crippen LogP contribution in [0.5, 0.6) is 0 Å². The Hall–Kier alpha value is -1.75. The number of nitrogens with one attached hydrogen (secondary N) is 1. The molecule has 0 fully saturated rings. The number of carbonyl (C=O) groups excluding carboxylic acids is 1. The van der Waals surface area contributed by atoms with Crippen LogP contribution in [0.3, 0.4) is 0 Å². The highest BCUT2D eigenvalue weighted by Crippen LogP contribution is 2.21. The maximum absolute atomic E-state index is 12.4. The Morgan fingerprint density at radius 1 is 1.30 bits per heavy atom. The molecule has 1 atom stereocenters. The third-order valence-electron chi connectivity index (χ3n) is 3.13. The minimum atomic E-state index is -0.0766. The number of nitrogen functional groups attached to an aromatic ring is 1. The minimum Gasteiger partial charge on any atom is -0.399 e. The molecule has 112 valence electrons. The van der Waals surface area contributed by atoms with Crippen molar-refractivity contribution in [1.29, 1.82) is 0 Å². The van der Waals surface area contributed by atoms with E-state index in [-0.39, 0.29) is 11.9 Å². The number of anilines is 2. The van der Waals surface area contributed by atoms with Crippen LogP contribution in [0.4, 0.5) is 11.4 Å². The summed E-state index contributed by atoms with van der Waals surface area (Å²) in [4.78, 5) is 16.4. The van der Waals surface area contributed by atoms with Gasteiger partial charge in [0.05, 0.1) is 5.56 Å². The Morgan fingerprint density at radius 2 is 1.95 bits per heavy atom. The largest absolute Gasteiger partial charge is 0.399 e. The van der Waals surface area contributed by atoms with Crippen molar-refractivity contribution in [1.82, 2.24) is 10.2 Å². The van der Waals surface area contributed by atoms with Gasteiger partial charge in [0.15, 0.2) is 0 Å². The topological polar surface area (TPSA) is 61.6 Å². The maximum Gasteiger partial charge on any atom is 0.253 e. The van der Waals surface area contributed by atoms with Crippen LogP contribution in [0.2, 0.25) is 0 Å². The second-order valence-corrected chi connectivity index (χ2v) is 5.64. The summed E-state index contributed by atoms with van der Waals surface area (Å²) in [6.07, 6.45) is 0.915. The molecule has 1 rings (SSSR count). The van der Waals surface area contributed by atoms with Gasteiger partial charge in [0.2, 0.25) is 0 Å². The molecular formula is C15H26N4O. The molecule has 0 radical (unpaired) electrons. The molecule has 3 N–H and O–H groups in total. The van der Waals surface area contributed by atoms with Gasteiger partial charge < -0.3 is 20.9 Å². The van der Waals surface area contributed by atoms with Crippen LogP contribution in [0.25, 0.3) is 0 Å². The van der Waals surface area contributed by atoms with Gasteiger partial charge in [-0.3, -0.25) is 4.79 Å². The third kappa shape index (κ3) is 4.74. The molecule has 1 unspecified atom stereocenters. The molecule has 0 spiro atoms. The van der Waals surface area contributed by atoms with E-state index in [0.29, 0.717) is 11.3 Å². The molecule has 1 amide bonds. The molecule has 0 saturated heterocycles. The molecule has 1 aromatic carbocycles. The molecule has 0 aliphatic rings. The number of benzene rings is 1. The summed E-state index contributed by atoms with van der Waals surface area (Å²) in [7, 11) is 7.88. The first kappa shape index (κ1) is 16.3. The molecule has 0 bridgehead atoms. The predicted octanol–water partition coefficient (Wildman–Crippen LogP) is 1.40. The highest BCUT2D eigenvalue weighted by atomic mass is 16.1. The van der Waals surface area contributed by atoms with Gasteiger partial charge in [-0.25, -0.2) is 0 Å². The minimum absolute atomic E-state index is 0.0766. The summed E-state index contributed by atoms with van der Waals surface area (Å²) in [6, 6.07) is 5.53. The van der Waals surface area contributed by atoms with Crippen molar-refractivity contribution in [3.8, 4) is 0 Å². The molecule has 0 heterocycles. The molecule has 0 aromatic heterocycles. The van der Waals surface area contributed by atoms with Crippen LogP contribution >= 0.6 is 0 Å². The number of hydrogen-bond acceptors (Lipinski definition) is 4. The fourth-order valence-electron chi connectivity index (χ4n) is 1.95. The summed E-state index contributed by atoms with van der Waals surface area (Å²) in [5, 5.41) is 3.03. The highest BCUT2D eigenvalue weighted by molar-refractivity contribution is 6.00. The first-order chi connectivity index (χ1) is 9.31. The van der Waals surface area contributed by atoms with E-state index in [0.717, 1.165) is 18.7 Å². The Kier molecular flexibility index (Phi) is 5.82. The van der Waals surface area contributed by atoms with E-state index in [4.69, 9.17) is 5.73 Å². The number of nitrogens with two attached hydrogens (primary N) is 1. The molecule has 1 aromatic rings. The summed E-state index contributed by atoms with van der Waals surface area (Å²) >= 11 is 0. The van der Waals surface area contributed by atoms with Gasteiger partial charge in [0, 0.05) is 31.5 Å². The average molecular weight is 278 g/mol. The summed E-state index contributed by atoms with van der Waals surface area (Å²) in [6.45, 7) is 2.96. The zero-order valence-electron chi connectivity index (χ0n) is 13.1. The normalized spacial score (nSPS) is 12.3. The van der Waals surface area contributed by atoms with Crippen LogP contribution < -0.4 is 16.0 Å². The van der Waals surface area contributed by atoms with Crippen LogP contribution in [0.1, 0.15) is 23.7 Å². The van der Waals surface area contributed by atoms with Crippen molar-refractivity contribution < 1.29 is 4.79 Å². The highest BCUT2D eigenvalue weighted by Gasteiger charge is 2.15. The van der Waals surface area contributed by atoms with Crippen LogP contribution in [-0.4, -0.2) is 51.6 Å². The number of nitrogens with zero attached hydrogens (tertiary/aromatic N) is 2. The summed E-state index contributed by atoms with van der Waals surface area (Å²) in [5.41, 5.74) is 7.88. The van der Waals surface area contributed by atoms with Gasteiger partial charge in [-0.05, 0) is 52.2 Å². The van der Waals surface area contributed by atoms with Gasteiger partial charge >= 0.3 is 0 Å². The van der Waals surface area contributed by atoms with E-state index in [9.17, 15) is 4.79 Å². The molecule has 5 nitrogen and oxygen atoms in total. The monoisotopic (exact) mass is 278 g/mol. The number of rotatable bonds is 6. The Balaban J connectivity index is 2.79. The van der Waals surface area contributed by atoms with E-state index < -0.39 is 0 Å². The molecule has 5 heteroatoms. The molecular weight excluding hydrogens is 252 g/mol. The fourth-order valence-corrected chi connectivity index (χ4v) is 1.95. The van der Waals surface area contributed by atoms with Crippen molar-refractivity contribution in [2.24, 2.45) is 0 Å². The van der Waals surface area contributed by atoms with Crippen LogP contribution in [0.15, 0.2) is 18.2 Å². The lowest BCUT2D eigenvalue weighted by atomic mass is 10.1. The van der Waals surface area contributed by atoms with Crippen LogP contribution in [0, 0.1) is 0 Å². The van der Waals surface area contributed by atoms with E-state index in [1.807, 2.05) is 52.1 Å². The van der Waals surface area contributed by atoms with E-state index in [2.05, 4.69) is 10.2 Å². The zero-order valence-corrected chi connectivity index (χ0v) is 13.1. The molecule has 0 aliphatic carbocycles. The van der Waals surface area contributed by atoms with Crippen molar-refractivity contribution in [2.45, 2.75) is 19.4 Å². The van der Waals surface area contributed by atoms with Crippen molar-refractivity contribution >= 4 is 17.3 Å². The van der Waals surface area contributed by atoms with Crippen molar-refractivity contribution in [3.63, 3.8) is 0 Å².